The van der Waals surface area contributed by atoms with Crippen molar-refractivity contribution in [1.29, 1.82) is 0 Å². The zero-order valence-corrected chi connectivity index (χ0v) is 15.6. The van der Waals surface area contributed by atoms with Gasteiger partial charge in [-0.05, 0) is 59.5 Å². The van der Waals surface area contributed by atoms with Crippen molar-refractivity contribution >= 4 is 15.9 Å². The van der Waals surface area contributed by atoms with E-state index in [1.165, 1.54) is 25.3 Å². The van der Waals surface area contributed by atoms with Gasteiger partial charge in [-0.25, -0.2) is 0 Å². The van der Waals surface area contributed by atoms with Crippen molar-refractivity contribution < 1.29 is 27.4 Å². The molecular weight excluding hydrogens is 404 g/mol. The van der Waals surface area contributed by atoms with Gasteiger partial charge in [0.15, 0.2) is 0 Å². The Hall–Kier alpha value is -1.34. The van der Waals surface area contributed by atoms with Crippen LogP contribution in [0.2, 0.25) is 0 Å². The number of methoxy groups -OCH3 is 1. The first-order valence-corrected chi connectivity index (χ1v) is 8.42. The number of alkyl halides is 5. The molecule has 0 radical (unpaired) electrons. The highest BCUT2D eigenvalue weighted by molar-refractivity contribution is 9.10. The fourth-order valence-electron chi connectivity index (χ4n) is 2.84. The van der Waals surface area contributed by atoms with Gasteiger partial charge in [0.1, 0.15) is 11.9 Å². The molecule has 7 heteroatoms. The summed E-state index contributed by atoms with van der Waals surface area (Å²) < 4.78 is 60.7. The third-order valence-electron chi connectivity index (χ3n) is 4.53. The summed E-state index contributed by atoms with van der Waals surface area (Å²) in [5.74, 6) is -5.63. The average molecular weight is 423 g/mol. The summed E-state index contributed by atoms with van der Waals surface area (Å²) in [6.45, 7) is 3.33. The number of benzene rings is 1. The van der Waals surface area contributed by atoms with Crippen LogP contribution in [0.3, 0.4) is 0 Å². The molecule has 2 atom stereocenters. The minimum atomic E-state index is -4.38. The van der Waals surface area contributed by atoms with E-state index >= 15 is 0 Å². The van der Waals surface area contributed by atoms with Gasteiger partial charge in [-0.2, -0.15) is 17.6 Å². The van der Waals surface area contributed by atoms with Crippen LogP contribution >= 0.6 is 15.9 Å². The molecule has 1 N–H and O–H groups in total. The molecule has 1 aliphatic carbocycles. The van der Waals surface area contributed by atoms with Crippen molar-refractivity contribution in [3.05, 3.63) is 52.6 Å². The highest BCUT2D eigenvalue weighted by atomic mass is 79.9. The molecule has 2 rings (SSSR count). The Balaban J connectivity index is 2.46. The van der Waals surface area contributed by atoms with Crippen LogP contribution in [-0.4, -0.2) is 23.0 Å². The molecule has 1 aromatic carbocycles. The zero-order chi connectivity index (χ0) is 19.0. The highest BCUT2D eigenvalue weighted by Crippen LogP contribution is 2.52. The molecule has 1 aliphatic rings. The molecule has 1 aromatic rings. The number of rotatable bonds is 5. The van der Waals surface area contributed by atoms with Gasteiger partial charge < -0.3 is 9.84 Å². The van der Waals surface area contributed by atoms with Gasteiger partial charge >= 0.3 is 10.8 Å². The number of hydrogen-bond donors (Lipinski definition) is 1. The van der Waals surface area contributed by atoms with Crippen LogP contribution in [0.5, 0.6) is 5.75 Å². The van der Waals surface area contributed by atoms with Gasteiger partial charge in [0.05, 0.1) is 13.0 Å². The lowest BCUT2D eigenvalue weighted by Crippen LogP contribution is -2.44. The summed E-state index contributed by atoms with van der Waals surface area (Å²) in [6.07, 6.45) is -0.288. The predicted molar refractivity (Wildman–Crippen MR) is 91.3 cm³/mol. The molecule has 0 spiro atoms. The van der Waals surface area contributed by atoms with Gasteiger partial charge in [-0.15, -0.1) is 0 Å². The minimum Gasteiger partial charge on any atom is -0.497 e. The van der Waals surface area contributed by atoms with Crippen LogP contribution in [0.25, 0.3) is 0 Å². The molecule has 2 unspecified atom stereocenters. The van der Waals surface area contributed by atoms with Gasteiger partial charge in [0, 0.05) is 0 Å². The zero-order valence-electron chi connectivity index (χ0n) is 14.0. The molecule has 0 saturated heterocycles. The van der Waals surface area contributed by atoms with Crippen molar-refractivity contribution in [2.75, 3.05) is 7.11 Å². The first-order valence-electron chi connectivity index (χ1n) is 7.63. The van der Waals surface area contributed by atoms with Gasteiger partial charge in [-0.1, -0.05) is 29.4 Å². The quantitative estimate of drug-likeness (QED) is 0.491. The van der Waals surface area contributed by atoms with Crippen molar-refractivity contribution in [3.8, 4) is 5.75 Å². The van der Waals surface area contributed by atoms with Crippen molar-refractivity contribution in [2.24, 2.45) is 5.92 Å². The van der Waals surface area contributed by atoms with Crippen LogP contribution in [-0.2, 0) is 0 Å². The summed E-state index contributed by atoms with van der Waals surface area (Å²) in [7, 11) is 1.47. The van der Waals surface area contributed by atoms with Crippen LogP contribution in [0.4, 0.5) is 17.6 Å². The van der Waals surface area contributed by atoms with E-state index in [0.717, 1.165) is 0 Å². The SMILES string of the molecule is COc1ccc(C(O)C2=CC(C)=C(C)CC2C(F)(F)C(F)(F)Br)cc1. The van der Waals surface area contributed by atoms with Crippen LogP contribution < -0.4 is 4.74 Å². The fraction of sp³-hybridized carbons (Fsp3) is 0.444. The Bertz CT molecular complexity index is 690. The Labute approximate surface area is 152 Å². The molecule has 138 valence electrons. The summed E-state index contributed by atoms with van der Waals surface area (Å²) in [6, 6.07) is 6.18. The van der Waals surface area contributed by atoms with E-state index in [-0.39, 0.29) is 12.0 Å². The normalized spacial score (nSPS) is 20.4. The molecule has 2 nitrogen and oxygen atoms in total. The summed E-state index contributed by atoms with van der Waals surface area (Å²) in [4.78, 5) is -4.38. The Morgan fingerprint density at radius 1 is 1.16 bits per heavy atom. The minimum absolute atomic E-state index is 0.127. The topological polar surface area (TPSA) is 29.5 Å². The largest absolute Gasteiger partial charge is 0.497 e. The maximum atomic E-state index is 14.4. The molecule has 0 aromatic heterocycles. The average Bonchev–Trinajstić information content (AvgIpc) is 2.55. The summed E-state index contributed by atoms with van der Waals surface area (Å²) in [5.41, 5.74) is 1.48. The molecule has 0 saturated carbocycles. The smallest absolute Gasteiger partial charge is 0.364 e. The van der Waals surface area contributed by atoms with E-state index in [2.05, 4.69) is 0 Å². The summed E-state index contributed by atoms with van der Waals surface area (Å²) in [5, 5.41) is 10.6. The lowest BCUT2D eigenvalue weighted by molar-refractivity contribution is -0.176. The van der Waals surface area contributed by atoms with Crippen LogP contribution in [0.1, 0.15) is 31.9 Å². The van der Waals surface area contributed by atoms with E-state index in [1.807, 2.05) is 0 Å². The number of aliphatic hydroxyl groups excluding tert-OH is 1. The Kier molecular flexibility index (Phi) is 5.68. The predicted octanol–water partition coefficient (Wildman–Crippen LogP) is 5.63. The molecule has 25 heavy (non-hydrogen) atoms. The molecule has 0 amide bonds. The van der Waals surface area contributed by atoms with E-state index in [9.17, 15) is 22.7 Å². The molecule has 0 heterocycles. The second kappa shape index (κ2) is 7.11. The summed E-state index contributed by atoms with van der Waals surface area (Å²) >= 11 is 1.80. The van der Waals surface area contributed by atoms with Crippen molar-refractivity contribution in [1.82, 2.24) is 0 Å². The number of allylic oxidation sites excluding steroid dienone is 3. The maximum absolute atomic E-state index is 14.4. The van der Waals surface area contributed by atoms with E-state index in [0.29, 0.717) is 22.5 Å². The second-order valence-electron chi connectivity index (χ2n) is 6.16. The third-order valence-corrected chi connectivity index (χ3v) is 5.06. The van der Waals surface area contributed by atoms with Crippen molar-refractivity contribution in [2.45, 2.75) is 37.1 Å². The van der Waals surface area contributed by atoms with Crippen molar-refractivity contribution in [3.63, 3.8) is 0 Å². The molecule has 0 bridgehead atoms. The Morgan fingerprint density at radius 3 is 2.20 bits per heavy atom. The van der Waals surface area contributed by atoms with Crippen LogP contribution in [0, 0.1) is 5.92 Å². The second-order valence-corrected chi connectivity index (χ2v) is 7.16. The van der Waals surface area contributed by atoms with E-state index < -0.39 is 22.8 Å². The van der Waals surface area contributed by atoms with E-state index in [4.69, 9.17) is 4.74 Å². The lowest BCUT2D eigenvalue weighted by Gasteiger charge is -2.36. The first-order chi connectivity index (χ1) is 11.5. The Morgan fingerprint density at radius 2 is 1.72 bits per heavy atom. The number of hydrogen-bond acceptors (Lipinski definition) is 2. The molecule has 0 aliphatic heterocycles. The van der Waals surface area contributed by atoms with Gasteiger partial charge in [0.2, 0.25) is 0 Å². The molecule has 0 fully saturated rings. The number of aliphatic hydroxyl groups is 1. The first kappa shape index (κ1) is 20.0. The van der Waals surface area contributed by atoms with Gasteiger partial charge in [-0.3, -0.25) is 0 Å². The van der Waals surface area contributed by atoms with E-state index in [1.54, 1.807) is 41.9 Å². The number of ether oxygens (including phenoxy) is 1. The third kappa shape index (κ3) is 3.92. The number of halogens is 5. The standard InChI is InChI=1S/C18H19BrF4O2/c1-10-8-14(16(24)12-4-6-13(25-3)7-5-12)15(9-11(10)2)17(20,21)18(19,22)23/h4-8,15-16,24H,9H2,1-3H3. The highest BCUT2D eigenvalue weighted by Gasteiger charge is 2.61. The fourth-order valence-corrected chi connectivity index (χ4v) is 3.12. The van der Waals surface area contributed by atoms with Crippen LogP contribution in [0.15, 0.2) is 47.1 Å². The lowest BCUT2D eigenvalue weighted by atomic mass is 9.77. The maximum Gasteiger partial charge on any atom is 0.364 e. The monoisotopic (exact) mass is 422 g/mol. The van der Waals surface area contributed by atoms with Gasteiger partial charge in [0.25, 0.3) is 0 Å². The molecular formula is C18H19BrF4O2.